The van der Waals surface area contributed by atoms with Crippen molar-refractivity contribution in [1.82, 2.24) is 37.2 Å². The Hall–Kier alpha value is -11.6. The number of ether oxygens (including phenoxy) is 8. The summed E-state index contributed by atoms with van der Waals surface area (Å²) in [6, 6.07) is 21.0. The molecule has 4 aliphatic heterocycles. The van der Waals surface area contributed by atoms with Crippen molar-refractivity contribution in [1.29, 1.82) is 0 Å². The van der Waals surface area contributed by atoms with Crippen molar-refractivity contribution in [2.75, 3.05) is 33.9 Å². The van der Waals surface area contributed by atoms with Crippen LogP contribution in [0.5, 0.6) is 11.5 Å². The predicted molar refractivity (Wildman–Crippen MR) is 550 cm³/mol. The molecular weight excluding hydrogens is 1920 g/mol. The molecule has 2 fully saturated rings. The van der Waals surface area contributed by atoms with Crippen LogP contribution in [0.15, 0.2) is 109 Å². The van der Waals surface area contributed by atoms with Gasteiger partial charge in [-0.3, -0.25) is 67.1 Å². The van der Waals surface area contributed by atoms with E-state index in [-0.39, 0.29) is 192 Å². The zero-order valence-corrected chi connectivity index (χ0v) is 89.7. The number of amides is 8. The number of urea groups is 1. The molecule has 8 rings (SSSR count). The highest BCUT2D eigenvalue weighted by molar-refractivity contribution is 6.32. The fourth-order valence-corrected chi connectivity index (χ4v) is 17.7. The van der Waals surface area contributed by atoms with Crippen molar-refractivity contribution in [3.05, 3.63) is 153 Å². The second kappa shape index (κ2) is 58.9. The molecule has 35 heteroatoms. The molecule has 9 N–H and O–H groups in total. The Kier molecular flexibility index (Phi) is 48.9. The Morgan fingerprint density at radius 3 is 1.22 bits per heavy atom. The lowest BCUT2D eigenvalue weighted by atomic mass is 9.88. The molecule has 8 amide bonds. The lowest BCUT2D eigenvalue weighted by Gasteiger charge is -2.29. The van der Waals surface area contributed by atoms with Crippen LogP contribution >= 0.6 is 23.2 Å². The Bertz CT molecular complexity index is 5230. The Labute approximate surface area is 868 Å². The smallest absolute Gasteiger partial charge is 0.347 e. The van der Waals surface area contributed by atoms with Gasteiger partial charge in [0.25, 0.3) is 0 Å². The van der Waals surface area contributed by atoms with Crippen molar-refractivity contribution in [3.8, 4) is 11.5 Å². The van der Waals surface area contributed by atoms with Crippen LogP contribution in [0.1, 0.15) is 279 Å². The number of benzene rings is 4. The number of carbonyl (C=O) groups excluding carboxylic acids is 17. The molecule has 0 unspecified atom stereocenters. The summed E-state index contributed by atoms with van der Waals surface area (Å²) in [4.78, 5) is 223. The van der Waals surface area contributed by atoms with Gasteiger partial charge in [0.2, 0.25) is 35.4 Å². The first-order chi connectivity index (χ1) is 68.9. The van der Waals surface area contributed by atoms with E-state index in [1.165, 1.54) is 26.4 Å². The normalized spacial score (nSPS) is 22.2. The minimum atomic E-state index is -1.28. The van der Waals surface area contributed by atoms with Gasteiger partial charge < -0.3 is 80.8 Å². The summed E-state index contributed by atoms with van der Waals surface area (Å²) in [6.07, 6.45) is 5.41. The van der Waals surface area contributed by atoms with Crippen LogP contribution < -0.4 is 52.4 Å². The summed E-state index contributed by atoms with van der Waals surface area (Å²) in [6.45, 7) is 30.2. The van der Waals surface area contributed by atoms with E-state index in [4.69, 9.17) is 66.8 Å². The highest BCUT2D eigenvalue weighted by Crippen LogP contribution is 2.47. The number of Topliss-reactive ketones (excluding diaryl/α,β-unsaturated/α-hetero) is 6. The van der Waals surface area contributed by atoms with Gasteiger partial charge in [0.05, 0.1) is 59.4 Å². The molecule has 0 radical (unpaired) electrons. The standard InChI is InChI=1S/C57H80ClN5O13.C54H74ClN3O12/c1-10-39(64)14-11-15-40(65)31-41(34(4)5)52(68)63-43(16-13-27-60-56(59)72)45(66)25-21-36-19-23-38(24-20-36)51-50(76-51)35(6)46-17-12-18-49(67)62-44(30-37-22-26-47(73-9)42(58)29-37)53(69)61-32-57(7,8)55(71)75-48(28-33(2)3)54(70)74-46;1-11-38(59)14-12-15-39(60)29-40(32(4)5)50(63)57-34(7)43(61)24-20-35-18-22-37(23-19-35)49-48(70-49)33(6)44-16-13-17-47(62)58-42(28-36-21-25-45(67-10)41(55)27-36)51(64)56-30-54(8,9)53(66)69-46(26-31(2)3)52(65)68-44/h12,18-20,22-24,26,29,33-35,41,43-44,46,48,50-51H,10-11,13-17,21,25,27-28,30-32H2,1-9H3,(H,61,69)(H,62,67)(H,63,68)(H3,59,60,72);13,17-19,21-23,25,27,31-34,40,42,44,46,48-49H,11-12,14-16,20,24,26,28-30H2,1-10H3,(H,56,64)(H,57,63)(H,58,62)/b18-12+;17-13+/t35-,41-,43-,44+,46-,48-,50+,51+;33-,34-,40-,42+,44-,46-,48+,49+/m00/s1. The number of carbonyl (C=O) groups is 17. The van der Waals surface area contributed by atoms with Crippen molar-refractivity contribution in [3.63, 3.8) is 0 Å². The summed E-state index contributed by atoms with van der Waals surface area (Å²) in [5.74, 6) is -7.77. The van der Waals surface area contributed by atoms with E-state index in [1.54, 1.807) is 97.0 Å². The van der Waals surface area contributed by atoms with Crippen molar-refractivity contribution in [2.45, 2.75) is 332 Å². The zero-order chi connectivity index (χ0) is 108. The molecule has 2 saturated heterocycles. The topological polar surface area (TPSA) is 481 Å². The summed E-state index contributed by atoms with van der Waals surface area (Å²) in [5.41, 5.74) is 7.49. The van der Waals surface area contributed by atoms with E-state index in [9.17, 15) is 81.5 Å². The number of primary amides is 1. The molecule has 0 bridgehead atoms. The number of rotatable bonds is 48. The number of ketones is 6. The largest absolute Gasteiger partial charge is 0.495 e. The molecule has 16 atom stereocenters. The lowest BCUT2D eigenvalue weighted by molar-refractivity contribution is -0.179. The van der Waals surface area contributed by atoms with E-state index in [2.05, 4.69) is 37.2 Å². The third-order valence-corrected chi connectivity index (χ3v) is 27.4. The molecule has 0 spiro atoms. The average Bonchev–Trinajstić information content (AvgIpc) is 1.63. The van der Waals surface area contributed by atoms with Gasteiger partial charge in [-0.05, 0) is 179 Å². The van der Waals surface area contributed by atoms with Crippen LogP contribution in [0.3, 0.4) is 0 Å². The molecule has 0 aliphatic carbocycles. The van der Waals surface area contributed by atoms with Gasteiger partial charge in [0.1, 0.15) is 71.1 Å². The Balaban J connectivity index is 0.000000397. The number of halogens is 2. The van der Waals surface area contributed by atoms with Crippen LogP contribution in [0.2, 0.25) is 10.0 Å². The first-order valence-electron chi connectivity index (χ1n) is 51.2. The van der Waals surface area contributed by atoms with E-state index in [1.807, 2.05) is 118 Å². The van der Waals surface area contributed by atoms with Crippen LogP contribution in [-0.4, -0.2) is 195 Å². The van der Waals surface area contributed by atoms with E-state index in [0.29, 0.717) is 90.5 Å². The van der Waals surface area contributed by atoms with Gasteiger partial charge in [-0.2, -0.15) is 0 Å². The summed E-state index contributed by atoms with van der Waals surface area (Å²) < 4.78 is 46.9. The van der Waals surface area contributed by atoms with Gasteiger partial charge in [-0.1, -0.05) is 179 Å². The molecule has 4 aliphatic rings. The van der Waals surface area contributed by atoms with E-state index in [0.717, 1.165) is 22.3 Å². The van der Waals surface area contributed by atoms with Gasteiger partial charge in [-0.15, -0.1) is 0 Å². The van der Waals surface area contributed by atoms with Gasteiger partial charge >= 0.3 is 29.9 Å². The van der Waals surface area contributed by atoms with E-state index >= 15 is 0 Å². The minimum absolute atomic E-state index is 0.00648. The highest BCUT2D eigenvalue weighted by Gasteiger charge is 2.51. The highest BCUT2D eigenvalue weighted by atomic mass is 35.5. The second-order valence-corrected chi connectivity index (χ2v) is 42.3. The maximum absolute atomic E-state index is 14.0. The summed E-state index contributed by atoms with van der Waals surface area (Å²) >= 11 is 12.8. The van der Waals surface area contributed by atoms with Crippen molar-refractivity contribution < 1.29 is 119 Å². The molecule has 0 saturated carbocycles. The second-order valence-electron chi connectivity index (χ2n) is 41.5. The zero-order valence-electron chi connectivity index (χ0n) is 88.2. The van der Waals surface area contributed by atoms with Crippen LogP contribution in [-0.2, 0) is 131 Å². The first-order valence-corrected chi connectivity index (χ1v) is 51.9. The van der Waals surface area contributed by atoms with Crippen molar-refractivity contribution >= 4 is 123 Å². The molecule has 4 aromatic carbocycles. The lowest BCUT2D eigenvalue weighted by Crippen LogP contribution is -2.51. The quantitative estimate of drug-likeness (QED) is 0.00881. The third kappa shape index (κ3) is 39.9. The van der Waals surface area contributed by atoms with E-state index < -0.39 is 143 Å². The van der Waals surface area contributed by atoms with Gasteiger partial charge in [-0.25, -0.2) is 14.4 Å². The SMILES string of the molecule is CCC(=O)CCCC(=O)C[C@H](C(=O)N[C@@H](C)C(=O)CCc1ccc([C@H]2O[C@@H]2[C@@H](C)[C@@H]2C/C=C/C(=O)N[C@H](Cc3ccc(OC)c(Cl)c3)C(=O)NCC(C)(C)C(=O)O[C@@H](CC(C)C)C(=O)O2)cc1)C(C)C.CCC(=O)CCCC(=O)C[C@H](C(=O)N[C@@H](CCCNC(N)=O)C(=O)CCc1ccc([C@H]2O[C@@H]2[C@@H](C)[C@@H]2C/C=C/C(=O)N[C@H](Cc3ccc(OC)c(Cl)c3)C(=O)NCC(C)(C)C(=O)O[C@@H](CC(C)C)C(=O)O2)cc1)C(C)C. The van der Waals surface area contributed by atoms with Crippen LogP contribution in [0.4, 0.5) is 4.79 Å². The number of hydrogen-bond donors (Lipinski definition) is 8. The monoisotopic (exact) mass is 2070 g/mol. The Morgan fingerprint density at radius 2 is 0.856 bits per heavy atom. The Morgan fingerprint density at radius 1 is 0.479 bits per heavy atom. The summed E-state index contributed by atoms with van der Waals surface area (Å²) in [5, 5.41) is 20.0. The number of aryl methyl sites for hydroxylation is 2. The number of hydrogen-bond acceptors (Lipinski definition) is 25. The molecule has 4 heterocycles. The third-order valence-electron chi connectivity index (χ3n) is 26.8. The maximum Gasteiger partial charge on any atom is 0.347 e. The van der Waals surface area contributed by atoms with Gasteiger partial charge in [0, 0.05) is 133 Å². The molecule has 33 nitrogen and oxygen atoms in total. The predicted octanol–water partition coefficient (Wildman–Crippen LogP) is 14.5. The van der Waals surface area contributed by atoms with Crippen molar-refractivity contribution in [2.24, 2.45) is 63.9 Å². The molecular formula is C111H154Cl2N8O25. The molecule has 146 heavy (non-hydrogen) atoms. The fraction of sp³-hybridized carbons (Fsp3) is 0.595. The average molecular weight is 2070 g/mol. The van der Waals surface area contributed by atoms with Crippen LogP contribution in [0, 0.1) is 58.2 Å². The van der Waals surface area contributed by atoms with Gasteiger partial charge in [0.15, 0.2) is 23.8 Å². The van der Waals surface area contributed by atoms with Crippen LogP contribution in [0.25, 0.3) is 0 Å². The number of cyclic esters (lactones) is 4. The number of nitrogens with two attached hydrogens (primary N) is 1. The molecule has 802 valence electrons. The number of nitrogens with one attached hydrogen (secondary N) is 7. The first kappa shape index (κ1) is 121. The molecule has 0 aromatic heterocycles. The summed E-state index contributed by atoms with van der Waals surface area (Å²) in [7, 11) is 2.98. The maximum atomic E-state index is 14.0. The molecule has 4 aromatic rings. The number of methoxy groups -OCH3 is 2. The number of epoxide rings is 2. The fourth-order valence-electron chi connectivity index (χ4n) is 17.1. The minimum Gasteiger partial charge on any atom is -0.495 e. The number of esters is 4.